The largest absolute Gasteiger partial charge is 0.365 e. The van der Waals surface area contributed by atoms with Gasteiger partial charge in [-0.2, -0.15) is 0 Å². The fourth-order valence-electron chi connectivity index (χ4n) is 1.14. The zero-order valence-corrected chi connectivity index (χ0v) is 6.24. The van der Waals surface area contributed by atoms with Gasteiger partial charge in [0.15, 0.2) is 0 Å². The monoisotopic (exact) mass is 161 g/mol. The highest BCUT2D eigenvalue weighted by Gasteiger charge is 2.07. The molecule has 0 spiro atoms. The van der Waals surface area contributed by atoms with Crippen LogP contribution in [0.2, 0.25) is 0 Å². The Bertz CT molecular complexity index is 433. The van der Waals surface area contributed by atoms with E-state index in [9.17, 15) is 4.79 Å². The first-order valence-electron chi connectivity index (χ1n) is 3.51. The van der Waals surface area contributed by atoms with Crippen LogP contribution in [0.4, 0.5) is 0 Å². The molecular weight excluding hydrogens is 154 g/mol. The van der Waals surface area contributed by atoms with Gasteiger partial charge in [-0.25, -0.2) is 0 Å². The van der Waals surface area contributed by atoms with Crippen molar-refractivity contribution in [3.63, 3.8) is 0 Å². The van der Waals surface area contributed by atoms with Gasteiger partial charge in [0.2, 0.25) is 0 Å². The van der Waals surface area contributed by atoms with Crippen molar-refractivity contribution in [2.45, 2.75) is 0 Å². The van der Waals surface area contributed by atoms with Crippen molar-refractivity contribution in [3.8, 4) is 0 Å². The molecule has 2 rings (SSSR count). The molecule has 4 nitrogen and oxygen atoms in total. The number of amides is 1. The number of hydrogen-bond donors (Lipinski definition) is 2. The second-order valence-electron chi connectivity index (χ2n) is 2.47. The fraction of sp³-hybridized carbons (Fsp3) is 0. The molecule has 2 heterocycles. The summed E-state index contributed by atoms with van der Waals surface area (Å²) in [5.41, 5.74) is 7.02. The second kappa shape index (κ2) is 2.34. The van der Waals surface area contributed by atoms with E-state index in [1.165, 1.54) is 0 Å². The molecule has 0 aliphatic heterocycles. The van der Waals surface area contributed by atoms with Crippen molar-refractivity contribution < 1.29 is 4.79 Å². The molecule has 0 saturated heterocycles. The Balaban J connectivity index is 2.79. The first-order chi connectivity index (χ1) is 5.79. The van der Waals surface area contributed by atoms with E-state index < -0.39 is 5.91 Å². The van der Waals surface area contributed by atoms with Crippen LogP contribution in [0.5, 0.6) is 0 Å². The number of fused-ring (bicyclic) bond motifs is 1. The molecule has 60 valence electrons. The van der Waals surface area contributed by atoms with Crippen LogP contribution in [-0.2, 0) is 0 Å². The van der Waals surface area contributed by atoms with E-state index in [1.54, 1.807) is 18.5 Å². The number of pyridine rings is 1. The lowest BCUT2D eigenvalue weighted by atomic mass is 10.2. The first kappa shape index (κ1) is 6.84. The minimum absolute atomic E-state index is 0.436. The smallest absolute Gasteiger partial charge is 0.252 e. The maximum Gasteiger partial charge on any atom is 0.252 e. The number of rotatable bonds is 1. The van der Waals surface area contributed by atoms with Gasteiger partial charge < -0.3 is 10.7 Å². The summed E-state index contributed by atoms with van der Waals surface area (Å²) in [4.78, 5) is 17.8. The molecule has 0 unspecified atom stereocenters. The molecular formula is C8H7N3O. The lowest BCUT2D eigenvalue weighted by Gasteiger charge is -1.89. The molecule has 3 N–H and O–H groups in total. The van der Waals surface area contributed by atoms with Gasteiger partial charge in [0, 0.05) is 12.4 Å². The van der Waals surface area contributed by atoms with Gasteiger partial charge in [0.05, 0.1) is 11.1 Å². The highest BCUT2D eigenvalue weighted by Crippen LogP contribution is 2.13. The summed E-state index contributed by atoms with van der Waals surface area (Å²) >= 11 is 0. The number of nitrogens with zero attached hydrogens (tertiary/aromatic N) is 1. The Morgan fingerprint density at radius 2 is 2.42 bits per heavy atom. The zero-order chi connectivity index (χ0) is 8.55. The van der Waals surface area contributed by atoms with E-state index in [2.05, 4.69) is 9.97 Å². The van der Waals surface area contributed by atoms with Crippen molar-refractivity contribution in [2.24, 2.45) is 5.73 Å². The van der Waals surface area contributed by atoms with E-state index >= 15 is 0 Å². The third-order valence-corrected chi connectivity index (χ3v) is 1.70. The summed E-state index contributed by atoms with van der Waals surface area (Å²) in [6, 6.07) is 3.64. The third kappa shape index (κ3) is 0.852. The van der Waals surface area contributed by atoms with Gasteiger partial charge in [-0.15, -0.1) is 0 Å². The molecule has 0 aromatic carbocycles. The average Bonchev–Trinajstić information content (AvgIpc) is 2.47. The molecule has 2 aromatic heterocycles. The SMILES string of the molecule is NC(=O)c1c[nH]c2cccnc12. The predicted octanol–water partition coefficient (Wildman–Crippen LogP) is 0.662. The summed E-state index contributed by atoms with van der Waals surface area (Å²) in [5.74, 6) is -0.458. The minimum atomic E-state index is -0.458. The molecule has 0 aliphatic rings. The molecule has 4 heteroatoms. The molecule has 2 aromatic rings. The molecule has 0 fully saturated rings. The maximum absolute atomic E-state index is 10.8. The Kier molecular flexibility index (Phi) is 1.33. The van der Waals surface area contributed by atoms with Gasteiger partial charge in [-0.05, 0) is 12.1 Å². The normalized spacial score (nSPS) is 10.3. The number of nitrogens with one attached hydrogen (secondary N) is 1. The predicted molar refractivity (Wildman–Crippen MR) is 44.6 cm³/mol. The third-order valence-electron chi connectivity index (χ3n) is 1.70. The van der Waals surface area contributed by atoms with Crippen molar-refractivity contribution in [2.75, 3.05) is 0 Å². The molecule has 0 atom stereocenters. The van der Waals surface area contributed by atoms with Crippen LogP contribution in [0.25, 0.3) is 11.0 Å². The van der Waals surface area contributed by atoms with Crippen molar-refractivity contribution in [1.29, 1.82) is 0 Å². The van der Waals surface area contributed by atoms with Crippen LogP contribution < -0.4 is 5.73 Å². The van der Waals surface area contributed by atoms with Crippen LogP contribution in [0, 0.1) is 0 Å². The minimum Gasteiger partial charge on any atom is -0.365 e. The van der Waals surface area contributed by atoms with E-state index in [0.717, 1.165) is 5.52 Å². The summed E-state index contributed by atoms with van der Waals surface area (Å²) in [6.45, 7) is 0. The zero-order valence-electron chi connectivity index (χ0n) is 6.24. The number of hydrogen-bond acceptors (Lipinski definition) is 2. The van der Waals surface area contributed by atoms with Gasteiger partial charge in [-0.3, -0.25) is 9.78 Å². The second-order valence-corrected chi connectivity index (χ2v) is 2.47. The summed E-state index contributed by atoms with van der Waals surface area (Å²) in [6.07, 6.45) is 3.20. The van der Waals surface area contributed by atoms with Crippen LogP contribution in [0.15, 0.2) is 24.5 Å². The number of nitrogens with two attached hydrogens (primary N) is 1. The number of carbonyl (C=O) groups is 1. The van der Waals surface area contributed by atoms with Gasteiger partial charge in [0.25, 0.3) is 5.91 Å². The Morgan fingerprint density at radius 3 is 3.17 bits per heavy atom. The Labute approximate surface area is 68.4 Å². The number of aromatic nitrogens is 2. The van der Waals surface area contributed by atoms with Gasteiger partial charge in [0.1, 0.15) is 5.52 Å². The standard InChI is InChI=1S/C8H7N3O/c9-8(12)5-4-11-6-2-1-3-10-7(5)6/h1-4,11H,(H2,9,12). The van der Waals surface area contributed by atoms with Crippen molar-refractivity contribution >= 4 is 16.9 Å². The quantitative estimate of drug-likeness (QED) is 0.644. The van der Waals surface area contributed by atoms with Crippen molar-refractivity contribution in [1.82, 2.24) is 9.97 Å². The van der Waals surface area contributed by atoms with E-state index in [-0.39, 0.29) is 0 Å². The number of primary amides is 1. The molecule has 0 bridgehead atoms. The van der Waals surface area contributed by atoms with Gasteiger partial charge in [-0.1, -0.05) is 0 Å². The lowest BCUT2D eigenvalue weighted by Crippen LogP contribution is -2.10. The van der Waals surface area contributed by atoms with Crippen LogP contribution in [-0.4, -0.2) is 15.9 Å². The summed E-state index contributed by atoms with van der Waals surface area (Å²) in [7, 11) is 0. The first-order valence-corrected chi connectivity index (χ1v) is 3.51. The van der Waals surface area contributed by atoms with Crippen molar-refractivity contribution in [3.05, 3.63) is 30.1 Å². The number of aromatic amines is 1. The molecule has 0 radical (unpaired) electrons. The topological polar surface area (TPSA) is 71.8 Å². The van der Waals surface area contributed by atoms with E-state index in [1.807, 2.05) is 6.07 Å². The van der Waals surface area contributed by atoms with E-state index in [4.69, 9.17) is 5.73 Å². The Morgan fingerprint density at radius 1 is 1.58 bits per heavy atom. The van der Waals surface area contributed by atoms with Crippen LogP contribution in [0.3, 0.4) is 0 Å². The maximum atomic E-state index is 10.8. The highest BCUT2D eigenvalue weighted by atomic mass is 16.1. The van der Waals surface area contributed by atoms with Gasteiger partial charge >= 0.3 is 0 Å². The molecule has 12 heavy (non-hydrogen) atoms. The number of carbonyl (C=O) groups excluding carboxylic acids is 1. The summed E-state index contributed by atoms with van der Waals surface area (Å²) in [5, 5.41) is 0. The molecule has 0 aliphatic carbocycles. The highest BCUT2D eigenvalue weighted by molar-refractivity contribution is 6.04. The summed E-state index contributed by atoms with van der Waals surface area (Å²) < 4.78 is 0. The average molecular weight is 161 g/mol. The lowest BCUT2D eigenvalue weighted by molar-refractivity contribution is 0.100. The van der Waals surface area contributed by atoms with E-state index in [0.29, 0.717) is 11.1 Å². The molecule has 0 saturated carbocycles. The Hall–Kier alpha value is -1.84. The number of H-pyrrole nitrogens is 1. The van der Waals surface area contributed by atoms with Crippen LogP contribution in [0.1, 0.15) is 10.4 Å². The fourth-order valence-corrected chi connectivity index (χ4v) is 1.14. The molecule has 1 amide bonds. The van der Waals surface area contributed by atoms with Crippen LogP contribution >= 0.6 is 0 Å².